The van der Waals surface area contributed by atoms with Crippen LogP contribution in [0.1, 0.15) is 28.9 Å². The third-order valence-electron chi connectivity index (χ3n) is 4.44. The van der Waals surface area contributed by atoms with Gasteiger partial charge in [-0.15, -0.1) is 0 Å². The van der Waals surface area contributed by atoms with Gasteiger partial charge in [-0.05, 0) is 32.0 Å². The average Bonchev–Trinajstić information content (AvgIpc) is 2.46. The first-order valence-corrected chi connectivity index (χ1v) is 6.89. The van der Waals surface area contributed by atoms with Crippen LogP contribution in [0.2, 0.25) is 0 Å². The van der Waals surface area contributed by atoms with Crippen LogP contribution in [0.15, 0.2) is 18.3 Å². The summed E-state index contributed by atoms with van der Waals surface area (Å²) in [4.78, 5) is 19.0. The van der Waals surface area contributed by atoms with Gasteiger partial charge in [-0.1, -0.05) is 0 Å². The van der Waals surface area contributed by atoms with E-state index in [1.807, 2.05) is 6.07 Å². The molecule has 1 aromatic heterocycles. The maximum atomic E-state index is 12.7. The van der Waals surface area contributed by atoms with E-state index >= 15 is 0 Å². The van der Waals surface area contributed by atoms with E-state index in [0.29, 0.717) is 30.9 Å². The zero-order valence-electron chi connectivity index (χ0n) is 11.5. The van der Waals surface area contributed by atoms with Crippen molar-refractivity contribution in [2.24, 2.45) is 5.92 Å². The second-order valence-electron chi connectivity index (χ2n) is 5.55. The van der Waals surface area contributed by atoms with Gasteiger partial charge in [0, 0.05) is 24.2 Å². The molecule has 0 saturated carbocycles. The zero-order valence-corrected chi connectivity index (χ0v) is 11.5. The topological polar surface area (TPSA) is 66.2 Å². The highest BCUT2D eigenvalue weighted by Crippen LogP contribution is 2.32. The number of fused-ring (bicyclic) bond motifs is 2. The molecule has 1 aromatic rings. The fourth-order valence-electron chi connectivity index (χ4n) is 3.22. The Hall–Kier alpha value is -1.77. The number of morpholine rings is 1. The Bertz CT molecular complexity index is 552. The lowest BCUT2D eigenvalue weighted by Crippen LogP contribution is -2.55. The molecule has 5 heteroatoms. The van der Waals surface area contributed by atoms with Crippen LogP contribution in [0.5, 0.6) is 0 Å². The predicted octanol–water partition coefficient (Wildman–Crippen LogP) is 1.25. The Labute approximate surface area is 118 Å². The SMILES string of the molecule is CN1C2COCC1CC(C(=O)c1cccnc1C#N)C2. The molecule has 2 aliphatic heterocycles. The van der Waals surface area contributed by atoms with E-state index in [2.05, 4.69) is 16.9 Å². The van der Waals surface area contributed by atoms with Crippen molar-refractivity contribution in [1.82, 2.24) is 9.88 Å². The number of rotatable bonds is 2. The Balaban J connectivity index is 1.83. The minimum atomic E-state index is -0.0265. The number of ketones is 1. The smallest absolute Gasteiger partial charge is 0.168 e. The van der Waals surface area contributed by atoms with Crippen molar-refractivity contribution < 1.29 is 9.53 Å². The lowest BCUT2D eigenvalue weighted by molar-refractivity contribution is -0.0702. The summed E-state index contributed by atoms with van der Waals surface area (Å²) in [7, 11) is 2.10. The number of pyridine rings is 1. The fourth-order valence-corrected chi connectivity index (χ4v) is 3.22. The second kappa shape index (κ2) is 5.31. The van der Waals surface area contributed by atoms with Gasteiger partial charge < -0.3 is 4.74 Å². The van der Waals surface area contributed by atoms with Crippen molar-refractivity contribution in [3.63, 3.8) is 0 Å². The third-order valence-corrected chi connectivity index (χ3v) is 4.44. The van der Waals surface area contributed by atoms with Crippen LogP contribution in [-0.4, -0.2) is 48.0 Å². The van der Waals surface area contributed by atoms with Gasteiger partial charge in [-0.25, -0.2) is 4.98 Å². The summed E-state index contributed by atoms with van der Waals surface area (Å²) in [5.74, 6) is 0.0288. The monoisotopic (exact) mass is 271 g/mol. The Morgan fingerprint density at radius 2 is 2.15 bits per heavy atom. The van der Waals surface area contributed by atoms with Crippen LogP contribution in [0.4, 0.5) is 0 Å². The number of nitriles is 1. The van der Waals surface area contributed by atoms with E-state index in [9.17, 15) is 4.79 Å². The second-order valence-corrected chi connectivity index (χ2v) is 5.55. The van der Waals surface area contributed by atoms with Gasteiger partial charge in [0.15, 0.2) is 11.5 Å². The summed E-state index contributed by atoms with van der Waals surface area (Å²) in [6, 6.07) is 6.04. The molecule has 2 saturated heterocycles. The zero-order chi connectivity index (χ0) is 14.1. The number of Topliss-reactive ketones (excluding diaryl/α,β-unsaturated/α-hetero) is 1. The summed E-state index contributed by atoms with van der Waals surface area (Å²) in [6.45, 7) is 1.38. The molecule has 5 nitrogen and oxygen atoms in total. The molecule has 104 valence electrons. The van der Waals surface area contributed by atoms with Crippen molar-refractivity contribution in [3.05, 3.63) is 29.6 Å². The van der Waals surface area contributed by atoms with Crippen molar-refractivity contribution >= 4 is 5.78 Å². The summed E-state index contributed by atoms with van der Waals surface area (Å²) in [5, 5.41) is 9.08. The molecule has 2 bridgehead atoms. The van der Waals surface area contributed by atoms with Crippen LogP contribution >= 0.6 is 0 Å². The van der Waals surface area contributed by atoms with Crippen molar-refractivity contribution in [1.29, 1.82) is 5.26 Å². The van der Waals surface area contributed by atoms with Crippen molar-refractivity contribution in [2.45, 2.75) is 24.9 Å². The minimum Gasteiger partial charge on any atom is -0.378 e. The standard InChI is InChI=1S/C15H17N3O2/c1-18-11-5-10(6-12(18)9-20-8-11)15(19)13-3-2-4-17-14(13)7-16/h2-4,10-12H,5-6,8-9H2,1H3. The number of nitrogens with zero attached hydrogens (tertiary/aromatic N) is 3. The molecule has 0 spiro atoms. The third kappa shape index (κ3) is 2.21. The van der Waals surface area contributed by atoms with Crippen molar-refractivity contribution in [3.8, 4) is 6.07 Å². The number of carbonyl (C=O) groups is 1. The van der Waals surface area contributed by atoms with Crippen LogP contribution in [0.3, 0.4) is 0 Å². The largest absolute Gasteiger partial charge is 0.378 e. The van der Waals surface area contributed by atoms with Gasteiger partial charge in [0.2, 0.25) is 0 Å². The molecule has 0 aromatic carbocycles. The van der Waals surface area contributed by atoms with E-state index < -0.39 is 0 Å². The van der Waals surface area contributed by atoms with Gasteiger partial charge in [-0.2, -0.15) is 5.26 Å². The molecular weight excluding hydrogens is 254 g/mol. The molecule has 3 rings (SSSR count). The molecule has 20 heavy (non-hydrogen) atoms. The lowest BCUT2D eigenvalue weighted by Gasteiger charge is -2.46. The van der Waals surface area contributed by atoms with Gasteiger partial charge in [0.05, 0.1) is 18.8 Å². The van der Waals surface area contributed by atoms with Crippen LogP contribution in [-0.2, 0) is 4.74 Å². The summed E-state index contributed by atoms with van der Waals surface area (Å²) < 4.78 is 5.57. The molecule has 0 radical (unpaired) electrons. The van der Waals surface area contributed by atoms with E-state index in [1.165, 1.54) is 0 Å². The number of hydrogen-bond acceptors (Lipinski definition) is 5. The molecule has 3 heterocycles. The Morgan fingerprint density at radius 1 is 1.45 bits per heavy atom. The summed E-state index contributed by atoms with van der Waals surface area (Å²) >= 11 is 0. The molecule has 0 aliphatic carbocycles. The van der Waals surface area contributed by atoms with E-state index in [4.69, 9.17) is 10.00 Å². The fraction of sp³-hybridized carbons (Fsp3) is 0.533. The Kier molecular flexibility index (Phi) is 3.51. The van der Waals surface area contributed by atoms with E-state index in [1.54, 1.807) is 18.3 Å². The highest BCUT2D eigenvalue weighted by molar-refractivity contribution is 5.99. The number of aromatic nitrogens is 1. The number of likely N-dealkylation sites (N-methyl/N-ethyl adjacent to an activating group) is 1. The number of piperidine rings is 1. The first-order valence-electron chi connectivity index (χ1n) is 6.89. The lowest BCUT2D eigenvalue weighted by atomic mass is 9.81. The number of carbonyl (C=O) groups excluding carboxylic acids is 1. The van der Waals surface area contributed by atoms with Gasteiger partial charge in [0.1, 0.15) is 6.07 Å². The molecule has 2 unspecified atom stereocenters. The van der Waals surface area contributed by atoms with Crippen LogP contribution in [0.25, 0.3) is 0 Å². The molecule has 0 N–H and O–H groups in total. The average molecular weight is 271 g/mol. The van der Waals surface area contributed by atoms with Crippen molar-refractivity contribution in [2.75, 3.05) is 20.3 Å². The van der Waals surface area contributed by atoms with Gasteiger partial charge in [-0.3, -0.25) is 9.69 Å². The molecule has 0 amide bonds. The van der Waals surface area contributed by atoms with Crippen LogP contribution in [0, 0.1) is 17.2 Å². The molecule has 2 aliphatic rings. The van der Waals surface area contributed by atoms with E-state index in [-0.39, 0.29) is 17.4 Å². The number of ether oxygens (including phenoxy) is 1. The molecule has 2 fully saturated rings. The van der Waals surface area contributed by atoms with Crippen LogP contribution < -0.4 is 0 Å². The normalized spacial score (nSPS) is 29.7. The van der Waals surface area contributed by atoms with E-state index in [0.717, 1.165) is 12.8 Å². The minimum absolute atomic E-state index is 0.0265. The predicted molar refractivity (Wildman–Crippen MR) is 72.2 cm³/mol. The maximum absolute atomic E-state index is 12.7. The first kappa shape index (κ1) is 13.2. The quantitative estimate of drug-likeness (QED) is 0.757. The highest BCUT2D eigenvalue weighted by atomic mass is 16.5. The van der Waals surface area contributed by atoms with Gasteiger partial charge >= 0.3 is 0 Å². The summed E-state index contributed by atoms with van der Waals surface area (Å²) in [6.07, 6.45) is 3.14. The highest BCUT2D eigenvalue weighted by Gasteiger charge is 2.40. The molecular formula is C15H17N3O2. The summed E-state index contributed by atoms with van der Waals surface area (Å²) in [5.41, 5.74) is 0.696. The molecule has 2 atom stereocenters. The number of hydrogen-bond donors (Lipinski definition) is 0. The maximum Gasteiger partial charge on any atom is 0.168 e. The first-order chi connectivity index (χ1) is 9.70. The Morgan fingerprint density at radius 3 is 2.80 bits per heavy atom. The van der Waals surface area contributed by atoms with Gasteiger partial charge in [0.25, 0.3) is 0 Å².